The van der Waals surface area contributed by atoms with E-state index in [4.69, 9.17) is 0 Å². The Morgan fingerprint density at radius 3 is 2.53 bits per heavy atom. The molecule has 0 radical (unpaired) electrons. The zero-order chi connectivity index (χ0) is 13.1. The van der Waals surface area contributed by atoms with Gasteiger partial charge in [0.05, 0.1) is 11.4 Å². The molecule has 2 aromatic rings. The highest BCUT2D eigenvalue weighted by atomic mass is 15.0. The number of rotatable bonds is 1. The monoisotopic (exact) mass is 249 g/mol. The topological polar surface area (TPSA) is 36.4 Å². The maximum Gasteiger partial charge on any atom is 0.132 e. The Morgan fingerprint density at radius 2 is 1.68 bits per heavy atom. The normalized spacial score (nSPS) is 13.5. The lowest BCUT2D eigenvalue weighted by molar-refractivity contribution is 1.39. The van der Waals surface area contributed by atoms with Gasteiger partial charge in [-0.2, -0.15) is 0 Å². The van der Waals surface area contributed by atoms with Crippen LogP contribution in [0.5, 0.6) is 0 Å². The minimum Gasteiger partial charge on any atom is -0.357 e. The number of para-hydroxylation sites is 3. The SMILES string of the molecule is CC1=CC(Nc2ccccc2)=Nc2ccccc2N1. The van der Waals surface area contributed by atoms with Crippen LogP contribution >= 0.6 is 0 Å². The average molecular weight is 249 g/mol. The van der Waals surface area contributed by atoms with E-state index in [9.17, 15) is 0 Å². The van der Waals surface area contributed by atoms with Crippen LogP contribution in [0, 0.1) is 0 Å². The van der Waals surface area contributed by atoms with Crippen molar-refractivity contribution >= 4 is 22.9 Å². The van der Waals surface area contributed by atoms with E-state index >= 15 is 0 Å². The highest BCUT2D eigenvalue weighted by Crippen LogP contribution is 2.28. The summed E-state index contributed by atoms with van der Waals surface area (Å²) in [4.78, 5) is 4.65. The maximum atomic E-state index is 4.65. The van der Waals surface area contributed by atoms with E-state index in [0.29, 0.717) is 0 Å². The minimum atomic E-state index is 0.834. The highest BCUT2D eigenvalue weighted by molar-refractivity contribution is 6.07. The molecule has 0 aromatic heterocycles. The Morgan fingerprint density at radius 1 is 0.947 bits per heavy atom. The minimum absolute atomic E-state index is 0.834. The molecule has 0 amide bonds. The quantitative estimate of drug-likeness (QED) is 0.796. The Kier molecular flexibility index (Phi) is 3.02. The van der Waals surface area contributed by atoms with Crippen molar-refractivity contribution in [2.24, 2.45) is 4.99 Å². The van der Waals surface area contributed by atoms with Gasteiger partial charge in [-0.15, -0.1) is 0 Å². The van der Waals surface area contributed by atoms with E-state index < -0.39 is 0 Å². The van der Waals surface area contributed by atoms with Gasteiger partial charge in [0, 0.05) is 11.4 Å². The van der Waals surface area contributed by atoms with Crippen molar-refractivity contribution in [2.75, 3.05) is 10.6 Å². The molecule has 0 fully saturated rings. The molecule has 0 unspecified atom stereocenters. The molecule has 1 heterocycles. The fourth-order valence-corrected chi connectivity index (χ4v) is 2.03. The van der Waals surface area contributed by atoms with Gasteiger partial charge in [-0.05, 0) is 37.3 Å². The van der Waals surface area contributed by atoms with Gasteiger partial charge in [-0.1, -0.05) is 30.3 Å². The molecule has 2 N–H and O–H groups in total. The molecule has 19 heavy (non-hydrogen) atoms. The third-order valence-corrected chi connectivity index (χ3v) is 2.88. The molecule has 0 spiro atoms. The van der Waals surface area contributed by atoms with Crippen molar-refractivity contribution in [3.05, 3.63) is 66.4 Å². The Labute approximate surface area is 112 Å². The van der Waals surface area contributed by atoms with E-state index in [1.165, 1.54) is 0 Å². The number of hydrogen-bond donors (Lipinski definition) is 2. The first-order valence-corrected chi connectivity index (χ1v) is 6.26. The summed E-state index contributed by atoms with van der Waals surface area (Å²) in [5.41, 5.74) is 4.06. The van der Waals surface area contributed by atoms with Crippen molar-refractivity contribution in [3.8, 4) is 0 Å². The van der Waals surface area contributed by atoms with Gasteiger partial charge >= 0.3 is 0 Å². The van der Waals surface area contributed by atoms with Crippen LogP contribution in [0.3, 0.4) is 0 Å². The first-order chi connectivity index (χ1) is 9.31. The van der Waals surface area contributed by atoms with Crippen LogP contribution in [0.15, 0.2) is 71.4 Å². The van der Waals surface area contributed by atoms with Crippen molar-refractivity contribution in [1.29, 1.82) is 0 Å². The molecular formula is C16H15N3. The molecule has 3 nitrogen and oxygen atoms in total. The second-order valence-corrected chi connectivity index (χ2v) is 4.46. The van der Waals surface area contributed by atoms with Crippen molar-refractivity contribution in [2.45, 2.75) is 6.92 Å². The predicted molar refractivity (Wildman–Crippen MR) is 81.0 cm³/mol. The molecule has 94 valence electrons. The molecular weight excluding hydrogens is 234 g/mol. The Balaban J connectivity index is 1.96. The fraction of sp³-hybridized carbons (Fsp3) is 0.0625. The van der Waals surface area contributed by atoms with Gasteiger partial charge < -0.3 is 10.6 Å². The van der Waals surface area contributed by atoms with Crippen LogP contribution in [0.4, 0.5) is 17.1 Å². The summed E-state index contributed by atoms with van der Waals surface area (Å²) in [7, 11) is 0. The standard InChI is InChI=1S/C16H15N3/c1-12-11-16(18-13-7-3-2-4-8-13)19-15-10-6-5-9-14(15)17-12/h2-11,17H,1H3,(H,18,19). The summed E-state index contributed by atoms with van der Waals surface area (Å²) < 4.78 is 0. The number of anilines is 2. The lowest BCUT2D eigenvalue weighted by Crippen LogP contribution is -2.09. The summed E-state index contributed by atoms with van der Waals surface area (Å²) in [5.74, 6) is 0.834. The number of hydrogen-bond acceptors (Lipinski definition) is 3. The van der Waals surface area contributed by atoms with Crippen molar-refractivity contribution in [3.63, 3.8) is 0 Å². The molecule has 1 aliphatic heterocycles. The van der Waals surface area contributed by atoms with Crippen LogP contribution in [0.2, 0.25) is 0 Å². The smallest absolute Gasteiger partial charge is 0.132 e. The van der Waals surface area contributed by atoms with Crippen molar-refractivity contribution < 1.29 is 0 Å². The summed E-state index contributed by atoms with van der Waals surface area (Å²) >= 11 is 0. The van der Waals surface area contributed by atoms with Gasteiger partial charge in [0.2, 0.25) is 0 Å². The van der Waals surface area contributed by atoms with Crippen LogP contribution in [-0.2, 0) is 0 Å². The van der Waals surface area contributed by atoms with Crippen LogP contribution in [-0.4, -0.2) is 5.84 Å². The first-order valence-electron chi connectivity index (χ1n) is 6.26. The number of benzene rings is 2. The molecule has 0 bridgehead atoms. The van der Waals surface area contributed by atoms with Gasteiger partial charge in [-0.3, -0.25) is 0 Å². The lowest BCUT2D eigenvalue weighted by Gasteiger charge is -2.05. The average Bonchev–Trinajstić information content (AvgIpc) is 2.57. The van der Waals surface area contributed by atoms with Gasteiger partial charge in [0.15, 0.2) is 0 Å². The Hall–Kier alpha value is -2.55. The molecule has 0 atom stereocenters. The summed E-state index contributed by atoms with van der Waals surface area (Å²) in [5, 5.41) is 6.67. The summed E-state index contributed by atoms with van der Waals surface area (Å²) in [6.45, 7) is 2.03. The van der Waals surface area contributed by atoms with Gasteiger partial charge in [0.1, 0.15) is 5.84 Å². The number of nitrogens with zero attached hydrogens (tertiary/aromatic N) is 1. The number of aliphatic imine (C=N–C) groups is 1. The molecule has 0 saturated heterocycles. The third kappa shape index (κ3) is 2.65. The van der Waals surface area contributed by atoms with Crippen LogP contribution in [0.1, 0.15) is 6.92 Å². The largest absolute Gasteiger partial charge is 0.357 e. The van der Waals surface area contributed by atoms with Gasteiger partial charge in [-0.25, -0.2) is 4.99 Å². The highest BCUT2D eigenvalue weighted by Gasteiger charge is 2.07. The Bertz CT molecular complexity index is 642. The van der Waals surface area contributed by atoms with Crippen molar-refractivity contribution in [1.82, 2.24) is 0 Å². The molecule has 0 saturated carbocycles. The number of allylic oxidation sites excluding steroid dienone is 1. The second-order valence-electron chi connectivity index (χ2n) is 4.46. The molecule has 1 aliphatic rings. The van der Waals surface area contributed by atoms with Crippen LogP contribution in [0.25, 0.3) is 0 Å². The predicted octanol–water partition coefficient (Wildman–Crippen LogP) is 4.16. The van der Waals surface area contributed by atoms with E-state index in [0.717, 1.165) is 28.6 Å². The summed E-state index contributed by atoms with van der Waals surface area (Å²) in [6, 6.07) is 18.1. The zero-order valence-electron chi connectivity index (χ0n) is 10.7. The fourth-order valence-electron chi connectivity index (χ4n) is 2.03. The second kappa shape index (κ2) is 4.98. The van der Waals surface area contributed by atoms with E-state index in [-0.39, 0.29) is 0 Å². The number of fused-ring (bicyclic) bond motifs is 1. The van der Waals surface area contributed by atoms with E-state index in [2.05, 4.69) is 15.6 Å². The molecule has 2 aromatic carbocycles. The number of nitrogens with one attached hydrogen (secondary N) is 2. The van der Waals surface area contributed by atoms with Gasteiger partial charge in [0.25, 0.3) is 0 Å². The van der Waals surface area contributed by atoms with Crippen LogP contribution < -0.4 is 10.6 Å². The maximum absolute atomic E-state index is 4.65. The van der Waals surface area contributed by atoms with E-state index in [1.807, 2.05) is 67.6 Å². The molecule has 3 heteroatoms. The third-order valence-electron chi connectivity index (χ3n) is 2.88. The lowest BCUT2D eigenvalue weighted by atomic mass is 10.2. The van der Waals surface area contributed by atoms with E-state index in [1.54, 1.807) is 0 Å². The molecule has 3 rings (SSSR count). The summed E-state index contributed by atoms with van der Waals surface area (Å²) in [6.07, 6.45) is 2.01. The first kappa shape index (κ1) is 11.5. The molecule has 0 aliphatic carbocycles. The number of amidine groups is 1. The zero-order valence-corrected chi connectivity index (χ0v) is 10.7.